The van der Waals surface area contributed by atoms with Gasteiger partial charge in [-0.05, 0) is 37.9 Å². The highest BCUT2D eigenvalue weighted by molar-refractivity contribution is 5.44. The molecule has 0 atom stereocenters. The van der Waals surface area contributed by atoms with Crippen LogP contribution in [0.3, 0.4) is 0 Å². The predicted octanol–water partition coefficient (Wildman–Crippen LogP) is 3.62. The Morgan fingerprint density at radius 2 is 2.08 bits per heavy atom. The van der Waals surface area contributed by atoms with Gasteiger partial charge in [0.25, 0.3) is 0 Å². The highest BCUT2D eigenvalue weighted by Crippen LogP contribution is 2.19. The van der Waals surface area contributed by atoms with Gasteiger partial charge in [-0.15, -0.1) is 0 Å². The standard InChI is InChI=1S/C20H28N4/c1-15(2)19-14-22-18(13-17-7-4-6-16(3)12-17)20(23-19)21-8-11-24-9-5-10-24/h4,6-7,12,14-15H,5,8-11,13H2,1-3H3,(H,21,23). The first-order valence-corrected chi connectivity index (χ1v) is 8.99. The molecule has 128 valence electrons. The van der Waals surface area contributed by atoms with Crippen LogP contribution in [0.5, 0.6) is 0 Å². The minimum atomic E-state index is 0.390. The minimum absolute atomic E-state index is 0.390. The van der Waals surface area contributed by atoms with E-state index in [0.717, 1.165) is 36.7 Å². The van der Waals surface area contributed by atoms with Crippen molar-refractivity contribution < 1.29 is 0 Å². The maximum atomic E-state index is 4.84. The van der Waals surface area contributed by atoms with Gasteiger partial charge >= 0.3 is 0 Å². The number of likely N-dealkylation sites (tertiary alicyclic amines) is 1. The molecule has 1 aliphatic heterocycles. The second kappa shape index (κ2) is 7.75. The fraction of sp³-hybridized carbons (Fsp3) is 0.500. The van der Waals surface area contributed by atoms with Crippen LogP contribution < -0.4 is 5.32 Å². The Labute approximate surface area is 145 Å². The van der Waals surface area contributed by atoms with E-state index in [0.29, 0.717) is 5.92 Å². The summed E-state index contributed by atoms with van der Waals surface area (Å²) in [6.45, 7) is 10.9. The van der Waals surface area contributed by atoms with E-state index in [4.69, 9.17) is 9.97 Å². The van der Waals surface area contributed by atoms with Crippen molar-refractivity contribution in [2.24, 2.45) is 0 Å². The van der Waals surface area contributed by atoms with Crippen molar-refractivity contribution in [3.63, 3.8) is 0 Å². The summed E-state index contributed by atoms with van der Waals surface area (Å²) in [5.41, 5.74) is 4.65. The SMILES string of the molecule is Cc1cccc(Cc2ncc(C(C)C)nc2NCCN2CCC2)c1. The summed E-state index contributed by atoms with van der Waals surface area (Å²) in [7, 11) is 0. The Balaban J connectivity index is 1.75. The minimum Gasteiger partial charge on any atom is -0.367 e. The van der Waals surface area contributed by atoms with Crippen LogP contribution in [0.4, 0.5) is 5.82 Å². The highest BCUT2D eigenvalue weighted by atomic mass is 15.2. The summed E-state index contributed by atoms with van der Waals surface area (Å²) in [6.07, 6.45) is 4.08. The molecule has 4 heteroatoms. The summed E-state index contributed by atoms with van der Waals surface area (Å²) in [5.74, 6) is 1.34. The van der Waals surface area contributed by atoms with E-state index >= 15 is 0 Å². The van der Waals surface area contributed by atoms with Gasteiger partial charge in [0.1, 0.15) is 5.82 Å². The lowest BCUT2D eigenvalue weighted by molar-refractivity contribution is 0.189. The Morgan fingerprint density at radius 3 is 2.75 bits per heavy atom. The molecule has 0 spiro atoms. The molecule has 1 aliphatic rings. The van der Waals surface area contributed by atoms with Gasteiger partial charge in [-0.1, -0.05) is 43.7 Å². The fourth-order valence-electron chi connectivity index (χ4n) is 2.93. The molecule has 0 radical (unpaired) electrons. The smallest absolute Gasteiger partial charge is 0.148 e. The van der Waals surface area contributed by atoms with Crippen molar-refractivity contribution in [2.45, 2.75) is 39.5 Å². The Kier molecular flexibility index (Phi) is 5.46. The molecule has 3 rings (SSSR count). The van der Waals surface area contributed by atoms with E-state index in [1.54, 1.807) is 0 Å². The van der Waals surface area contributed by atoms with Gasteiger partial charge in [0.05, 0.1) is 11.4 Å². The van der Waals surface area contributed by atoms with Gasteiger partial charge in [0.15, 0.2) is 0 Å². The molecule has 2 aromatic rings. The summed E-state index contributed by atoms with van der Waals surface area (Å²) in [6, 6.07) is 8.62. The molecular formula is C20H28N4. The van der Waals surface area contributed by atoms with E-state index in [9.17, 15) is 0 Å². The van der Waals surface area contributed by atoms with Crippen molar-refractivity contribution in [1.29, 1.82) is 0 Å². The molecule has 1 aromatic carbocycles. The number of hydrogen-bond donors (Lipinski definition) is 1. The second-order valence-electron chi connectivity index (χ2n) is 7.03. The number of aryl methyl sites for hydroxylation is 1. The summed E-state index contributed by atoms with van der Waals surface area (Å²) >= 11 is 0. The number of nitrogens with zero attached hydrogens (tertiary/aromatic N) is 3. The molecule has 2 heterocycles. The second-order valence-corrected chi connectivity index (χ2v) is 7.03. The molecule has 24 heavy (non-hydrogen) atoms. The molecule has 0 bridgehead atoms. The monoisotopic (exact) mass is 324 g/mol. The molecular weight excluding hydrogens is 296 g/mol. The Morgan fingerprint density at radius 1 is 1.25 bits per heavy atom. The average molecular weight is 324 g/mol. The lowest BCUT2D eigenvalue weighted by Gasteiger charge is -2.30. The Bertz CT molecular complexity index is 677. The van der Waals surface area contributed by atoms with Crippen LogP contribution >= 0.6 is 0 Å². The van der Waals surface area contributed by atoms with E-state index in [1.807, 2.05) is 6.20 Å². The number of benzene rings is 1. The highest BCUT2D eigenvalue weighted by Gasteiger charge is 2.14. The van der Waals surface area contributed by atoms with Crippen LogP contribution in [0.1, 0.15) is 48.7 Å². The first-order chi connectivity index (χ1) is 11.6. The third-order valence-corrected chi connectivity index (χ3v) is 4.58. The quantitative estimate of drug-likeness (QED) is 0.844. The number of hydrogen-bond acceptors (Lipinski definition) is 4. The summed E-state index contributed by atoms with van der Waals surface area (Å²) < 4.78 is 0. The number of aromatic nitrogens is 2. The van der Waals surface area contributed by atoms with Gasteiger partial charge in [-0.25, -0.2) is 4.98 Å². The lowest BCUT2D eigenvalue weighted by atomic mass is 10.1. The molecule has 0 saturated carbocycles. The molecule has 0 unspecified atom stereocenters. The van der Waals surface area contributed by atoms with E-state index < -0.39 is 0 Å². The molecule has 1 N–H and O–H groups in total. The third-order valence-electron chi connectivity index (χ3n) is 4.58. The number of nitrogens with one attached hydrogen (secondary N) is 1. The van der Waals surface area contributed by atoms with Crippen molar-refractivity contribution in [3.8, 4) is 0 Å². The number of rotatable bonds is 7. The van der Waals surface area contributed by atoms with Gasteiger partial charge < -0.3 is 10.2 Å². The maximum Gasteiger partial charge on any atom is 0.148 e. The van der Waals surface area contributed by atoms with Crippen LogP contribution in [0, 0.1) is 6.92 Å². The molecule has 4 nitrogen and oxygen atoms in total. The first kappa shape index (κ1) is 16.9. The van der Waals surface area contributed by atoms with E-state index in [-0.39, 0.29) is 0 Å². The topological polar surface area (TPSA) is 41.1 Å². The first-order valence-electron chi connectivity index (χ1n) is 8.99. The van der Waals surface area contributed by atoms with Crippen molar-refractivity contribution in [2.75, 3.05) is 31.5 Å². The van der Waals surface area contributed by atoms with Crippen LogP contribution in [0.25, 0.3) is 0 Å². The molecule has 1 fully saturated rings. The zero-order valence-corrected chi connectivity index (χ0v) is 15.0. The van der Waals surface area contributed by atoms with Gasteiger partial charge in [-0.2, -0.15) is 0 Å². The summed E-state index contributed by atoms with van der Waals surface area (Å²) in [4.78, 5) is 12.0. The molecule has 1 aromatic heterocycles. The maximum absolute atomic E-state index is 4.84. The van der Waals surface area contributed by atoms with Crippen LogP contribution in [0.2, 0.25) is 0 Å². The fourth-order valence-corrected chi connectivity index (χ4v) is 2.93. The average Bonchev–Trinajstić information content (AvgIpc) is 2.51. The zero-order valence-electron chi connectivity index (χ0n) is 15.0. The number of anilines is 1. The normalized spacial score (nSPS) is 14.7. The zero-order chi connectivity index (χ0) is 16.9. The van der Waals surface area contributed by atoms with E-state index in [1.165, 1.54) is 30.6 Å². The van der Waals surface area contributed by atoms with Gasteiger partial charge in [-0.3, -0.25) is 4.98 Å². The van der Waals surface area contributed by atoms with Gasteiger partial charge in [0.2, 0.25) is 0 Å². The van der Waals surface area contributed by atoms with Crippen LogP contribution in [0.15, 0.2) is 30.5 Å². The van der Waals surface area contributed by atoms with Crippen LogP contribution in [-0.2, 0) is 6.42 Å². The Hall–Kier alpha value is -1.94. The summed E-state index contributed by atoms with van der Waals surface area (Å²) in [5, 5.41) is 3.53. The van der Waals surface area contributed by atoms with E-state index in [2.05, 4.69) is 55.3 Å². The lowest BCUT2D eigenvalue weighted by Crippen LogP contribution is -2.40. The molecule has 0 aliphatic carbocycles. The third kappa shape index (κ3) is 4.32. The van der Waals surface area contributed by atoms with Crippen molar-refractivity contribution in [3.05, 3.63) is 53.0 Å². The van der Waals surface area contributed by atoms with Crippen molar-refractivity contribution >= 4 is 5.82 Å². The largest absolute Gasteiger partial charge is 0.367 e. The van der Waals surface area contributed by atoms with Gasteiger partial charge in [0, 0.05) is 25.7 Å². The van der Waals surface area contributed by atoms with Crippen molar-refractivity contribution in [1.82, 2.24) is 14.9 Å². The van der Waals surface area contributed by atoms with Crippen LogP contribution in [-0.4, -0.2) is 41.0 Å². The predicted molar refractivity (Wildman–Crippen MR) is 99.7 cm³/mol. The molecule has 0 amide bonds. The molecule has 1 saturated heterocycles.